The molecule has 1 fully saturated rings. The monoisotopic (exact) mass is 285 g/mol. The van der Waals surface area contributed by atoms with Gasteiger partial charge >= 0.3 is 6.03 Å². The number of hydrogen-bond donors (Lipinski definition) is 2. The number of aromatic amines is 1. The number of likely N-dealkylation sites (tertiary alicyclic amines) is 1. The molecule has 1 atom stereocenters. The van der Waals surface area contributed by atoms with Gasteiger partial charge in [-0.05, 0) is 30.5 Å². The molecule has 0 aliphatic carbocycles. The molecule has 3 rings (SSSR count). The minimum atomic E-state index is -0.0693. The van der Waals surface area contributed by atoms with E-state index in [4.69, 9.17) is 0 Å². The lowest BCUT2D eigenvalue weighted by Crippen LogP contribution is -2.38. The fourth-order valence-corrected chi connectivity index (χ4v) is 2.80. The maximum Gasteiger partial charge on any atom is 0.322 e. The van der Waals surface area contributed by atoms with Crippen molar-refractivity contribution in [2.24, 2.45) is 0 Å². The first kappa shape index (κ1) is 13.6. The molecule has 1 aliphatic heterocycles. The Morgan fingerprint density at radius 2 is 2.14 bits per heavy atom. The van der Waals surface area contributed by atoms with E-state index in [0.717, 1.165) is 37.8 Å². The highest BCUT2D eigenvalue weighted by molar-refractivity contribution is 5.89. The van der Waals surface area contributed by atoms with Crippen LogP contribution in [-0.2, 0) is 0 Å². The van der Waals surface area contributed by atoms with Crippen LogP contribution in [0.15, 0.2) is 36.9 Å². The van der Waals surface area contributed by atoms with Crippen molar-refractivity contribution in [3.63, 3.8) is 0 Å². The van der Waals surface area contributed by atoms with Crippen molar-refractivity contribution in [1.82, 2.24) is 20.1 Å². The van der Waals surface area contributed by atoms with Crippen molar-refractivity contribution in [1.29, 1.82) is 0 Å². The molecule has 2 aromatic heterocycles. The van der Waals surface area contributed by atoms with E-state index in [9.17, 15) is 4.79 Å². The van der Waals surface area contributed by atoms with Crippen LogP contribution in [0.5, 0.6) is 0 Å². The van der Waals surface area contributed by atoms with Gasteiger partial charge in [0, 0.05) is 25.1 Å². The average Bonchev–Trinajstić information content (AvgIpc) is 2.89. The average molecular weight is 285 g/mol. The summed E-state index contributed by atoms with van der Waals surface area (Å²) in [5, 5.41) is 9.45. The molecule has 0 saturated carbocycles. The van der Waals surface area contributed by atoms with Gasteiger partial charge in [-0.3, -0.25) is 10.1 Å². The van der Waals surface area contributed by atoms with E-state index >= 15 is 0 Å². The van der Waals surface area contributed by atoms with Gasteiger partial charge in [0.25, 0.3) is 0 Å². The lowest BCUT2D eigenvalue weighted by atomic mass is 10.0. The number of hydrogen-bond acceptors (Lipinski definition) is 3. The first-order valence-corrected chi connectivity index (χ1v) is 7.31. The fraction of sp³-hybridized carbons (Fsp3) is 0.400. The van der Waals surface area contributed by atoms with Crippen molar-refractivity contribution in [2.75, 3.05) is 11.9 Å². The molecule has 0 radical (unpaired) electrons. The van der Waals surface area contributed by atoms with E-state index in [1.54, 1.807) is 24.8 Å². The van der Waals surface area contributed by atoms with Crippen molar-refractivity contribution in [2.45, 2.75) is 31.7 Å². The molecule has 0 aromatic carbocycles. The number of nitrogens with zero attached hydrogens (tertiary/aromatic N) is 3. The summed E-state index contributed by atoms with van der Waals surface area (Å²) in [6.07, 6.45) is 11.2. The minimum Gasteiger partial charge on any atom is -0.317 e. The lowest BCUT2D eigenvalue weighted by molar-refractivity contribution is 0.189. The van der Waals surface area contributed by atoms with Crippen molar-refractivity contribution in [3.05, 3.63) is 42.5 Å². The summed E-state index contributed by atoms with van der Waals surface area (Å²) in [5.74, 6) is 0. The summed E-state index contributed by atoms with van der Waals surface area (Å²) in [5.41, 5.74) is 1.84. The number of aromatic nitrogens is 3. The van der Waals surface area contributed by atoms with Crippen LogP contribution in [0.2, 0.25) is 0 Å². The zero-order valence-corrected chi connectivity index (χ0v) is 11.8. The molecule has 1 aliphatic rings. The largest absolute Gasteiger partial charge is 0.322 e. The minimum absolute atomic E-state index is 0.0693. The molecule has 0 spiro atoms. The van der Waals surface area contributed by atoms with Crippen molar-refractivity contribution in [3.8, 4) is 0 Å². The summed E-state index contributed by atoms with van der Waals surface area (Å²) in [4.78, 5) is 18.5. The predicted molar refractivity (Wildman–Crippen MR) is 79.8 cm³/mol. The molecule has 6 nitrogen and oxygen atoms in total. The van der Waals surface area contributed by atoms with E-state index < -0.39 is 0 Å². The number of nitrogens with one attached hydrogen (secondary N) is 2. The smallest absolute Gasteiger partial charge is 0.317 e. The Kier molecular flexibility index (Phi) is 4.14. The number of carbonyl (C=O) groups excluding carboxylic acids is 1. The molecule has 110 valence electrons. The second-order valence-electron chi connectivity index (χ2n) is 5.26. The van der Waals surface area contributed by atoms with E-state index in [0.29, 0.717) is 5.69 Å². The van der Waals surface area contributed by atoms with Gasteiger partial charge in [-0.2, -0.15) is 5.10 Å². The van der Waals surface area contributed by atoms with Crippen LogP contribution in [-0.4, -0.2) is 32.7 Å². The van der Waals surface area contributed by atoms with Crippen LogP contribution >= 0.6 is 0 Å². The standard InChI is InChI=1S/C15H19N5O/c21-15(19-13-10-17-18-11-13)20-9-3-1-2-4-14(20)12-5-7-16-8-6-12/h5-8,10-11,14H,1-4,9H2,(H,17,18)(H,19,21)/t14-/m0/s1. The van der Waals surface area contributed by atoms with Crippen LogP contribution < -0.4 is 5.32 Å². The normalized spacial score (nSPS) is 19.0. The molecule has 1 saturated heterocycles. The van der Waals surface area contributed by atoms with E-state index in [1.807, 2.05) is 17.0 Å². The Balaban J connectivity index is 1.80. The van der Waals surface area contributed by atoms with Gasteiger partial charge in [0.15, 0.2) is 0 Å². The number of pyridine rings is 1. The third-order valence-corrected chi connectivity index (χ3v) is 3.85. The Morgan fingerprint density at radius 1 is 1.29 bits per heavy atom. The summed E-state index contributed by atoms with van der Waals surface area (Å²) in [7, 11) is 0. The first-order valence-electron chi connectivity index (χ1n) is 7.31. The van der Waals surface area contributed by atoms with Crippen LogP contribution in [0.4, 0.5) is 10.5 Å². The van der Waals surface area contributed by atoms with Crippen molar-refractivity contribution < 1.29 is 4.79 Å². The Hall–Kier alpha value is -2.37. The van der Waals surface area contributed by atoms with Crippen LogP contribution in [0.25, 0.3) is 0 Å². The van der Waals surface area contributed by atoms with Gasteiger partial charge in [0.2, 0.25) is 0 Å². The molecule has 2 N–H and O–H groups in total. The molecule has 2 aromatic rings. The summed E-state index contributed by atoms with van der Waals surface area (Å²) < 4.78 is 0. The Morgan fingerprint density at radius 3 is 2.90 bits per heavy atom. The van der Waals surface area contributed by atoms with Crippen molar-refractivity contribution >= 4 is 11.7 Å². The van der Waals surface area contributed by atoms with Gasteiger partial charge < -0.3 is 10.2 Å². The van der Waals surface area contributed by atoms with Gasteiger partial charge in [-0.25, -0.2) is 4.79 Å². The molecule has 6 heteroatoms. The van der Waals surface area contributed by atoms with Crippen LogP contribution in [0.3, 0.4) is 0 Å². The summed E-state index contributed by atoms with van der Waals surface area (Å²) in [6.45, 7) is 0.774. The van der Waals surface area contributed by atoms with Crippen LogP contribution in [0, 0.1) is 0 Å². The summed E-state index contributed by atoms with van der Waals surface area (Å²) >= 11 is 0. The zero-order chi connectivity index (χ0) is 14.5. The number of carbonyl (C=O) groups is 1. The van der Waals surface area contributed by atoms with E-state index in [-0.39, 0.29) is 12.1 Å². The van der Waals surface area contributed by atoms with E-state index in [2.05, 4.69) is 20.5 Å². The van der Waals surface area contributed by atoms with Gasteiger partial charge in [0.05, 0.1) is 17.9 Å². The Bertz CT molecular complexity index is 569. The molecular formula is C15H19N5O. The number of anilines is 1. The van der Waals surface area contributed by atoms with Gasteiger partial charge in [0.1, 0.15) is 0 Å². The predicted octanol–water partition coefficient (Wildman–Crippen LogP) is 2.95. The lowest BCUT2D eigenvalue weighted by Gasteiger charge is -2.30. The summed E-state index contributed by atoms with van der Waals surface area (Å²) in [6, 6.07) is 4.03. The third-order valence-electron chi connectivity index (χ3n) is 3.85. The SMILES string of the molecule is O=C(Nc1cn[nH]c1)N1CCCCC[C@H]1c1ccncc1. The number of urea groups is 1. The second kappa shape index (κ2) is 6.39. The second-order valence-corrected chi connectivity index (χ2v) is 5.26. The molecule has 3 heterocycles. The molecule has 0 unspecified atom stereocenters. The number of amides is 2. The highest BCUT2D eigenvalue weighted by atomic mass is 16.2. The molecule has 0 bridgehead atoms. The quantitative estimate of drug-likeness (QED) is 0.891. The number of rotatable bonds is 2. The molecular weight excluding hydrogens is 266 g/mol. The molecule has 21 heavy (non-hydrogen) atoms. The third kappa shape index (κ3) is 3.21. The maximum absolute atomic E-state index is 12.6. The van der Waals surface area contributed by atoms with E-state index in [1.165, 1.54) is 0 Å². The fourth-order valence-electron chi connectivity index (χ4n) is 2.80. The highest BCUT2D eigenvalue weighted by Crippen LogP contribution is 2.30. The van der Waals surface area contributed by atoms with Gasteiger partial charge in [-0.1, -0.05) is 12.8 Å². The Labute approximate surface area is 123 Å². The maximum atomic E-state index is 12.6. The first-order chi connectivity index (χ1) is 10.3. The number of H-pyrrole nitrogens is 1. The zero-order valence-electron chi connectivity index (χ0n) is 11.8. The topological polar surface area (TPSA) is 73.9 Å². The molecule has 2 amide bonds. The highest BCUT2D eigenvalue weighted by Gasteiger charge is 2.26. The van der Waals surface area contributed by atoms with Gasteiger partial charge in [-0.15, -0.1) is 0 Å². The van der Waals surface area contributed by atoms with Crippen LogP contribution in [0.1, 0.15) is 37.3 Å².